The molecule has 0 aliphatic rings. The number of carbonyl (C=O) groups excluding carboxylic acids is 1. The first kappa shape index (κ1) is 15.8. The number of H-pyrrole nitrogens is 1. The Labute approximate surface area is 142 Å². The van der Waals surface area contributed by atoms with E-state index in [-0.39, 0.29) is 12.1 Å². The number of benzene rings is 2. The van der Waals surface area contributed by atoms with Crippen molar-refractivity contribution in [3.8, 4) is 6.07 Å². The van der Waals surface area contributed by atoms with Crippen LogP contribution in [0.25, 0.3) is 10.9 Å². The van der Waals surface area contributed by atoms with Crippen LogP contribution in [0, 0.1) is 11.3 Å². The van der Waals surface area contributed by atoms with E-state index >= 15 is 0 Å². The summed E-state index contributed by atoms with van der Waals surface area (Å²) in [6, 6.07) is 13.8. The van der Waals surface area contributed by atoms with Crippen LogP contribution in [-0.2, 0) is 6.54 Å². The van der Waals surface area contributed by atoms with Gasteiger partial charge in [-0.05, 0) is 35.9 Å². The fourth-order valence-electron chi connectivity index (χ4n) is 2.34. The van der Waals surface area contributed by atoms with E-state index in [1.165, 1.54) is 12.3 Å². The fraction of sp³-hybridized carbons (Fsp3) is 0.0556. The first-order valence-electron chi connectivity index (χ1n) is 7.16. The lowest BCUT2D eigenvalue weighted by molar-refractivity contribution is 0.0949. The highest BCUT2D eigenvalue weighted by atomic mass is 35.5. The van der Waals surface area contributed by atoms with Gasteiger partial charge in [-0.15, -0.1) is 0 Å². The summed E-state index contributed by atoms with van der Waals surface area (Å²) in [5.74, 6) is -0.476. The molecule has 0 spiro atoms. The molecule has 0 saturated carbocycles. The van der Waals surface area contributed by atoms with Gasteiger partial charge in [-0.2, -0.15) is 5.26 Å². The van der Waals surface area contributed by atoms with Crippen molar-refractivity contribution in [2.75, 3.05) is 0 Å². The normalized spacial score (nSPS) is 10.3. The molecule has 0 fully saturated rings. The molecule has 5 nitrogen and oxygen atoms in total. The Balaban J connectivity index is 1.87. The highest BCUT2D eigenvalue weighted by Gasteiger charge is 2.13. The van der Waals surface area contributed by atoms with Crippen molar-refractivity contribution in [1.29, 1.82) is 5.26 Å². The van der Waals surface area contributed by atoms with Gasteiger partial charge in [-0.3, -0.25) is 9.59 Å². The molecule has 0 saturated heterocycles. The zero-order chi connectivity index (χ0) is 17.1. The summed E-state index contributed by atoms with van der Waals surface area (Å²) >= 11 is 5.82. The minimum absolute atomic E-state index is 0.00607. The fourth-order valence-corrected chi connectivity index (χ4v) is 2.46. The second-order valence-corrected chi connectivity index (χ2v) is 5.65. The maximum atomic E-state index is 12.5. The molecule has 0 unspecified atom stereocenters. The predicted octanol–water partition coefficient (Wildman–Crippen LogP) is 2.98. The van der Waals surface area contributed by atoms with Crippen molar-refractivity contribution in [3.05, 3.63) is 80.6 Å². The Kier molecular flexibility index (Phi) is 4.32. The van der Waals surface area contributed by atoms with E-state index in [9.17, 15) is 9.59 Å². The van der Waals surface area contributed by atoms with Gasteiger partial charge in [0.05, 0.1) is 11.6 Å². The number of pyridine rings is 1. The van der Waals surface area contributed by atoms with Crippen molar-refractivity contribution in [1.82, 2.24) is 10.3 Å². The molecule has 118 valence electrons. The molecular formula is C18H12ClN3O2. The summed E-state index contributed by atoms with van der Waals surface area (Å²) in [4.78, 5) is 27.7. The van der Waals surface area contributed by atoms with Gasteiger partial charge in [0.2, 0.25) is 5.43 Å². The minimum atomic E-state index is -0.476. The van der Waals surface area contributed by atoms with Crippen molar-refractivity contribution in [2.45, 2.75) is 6.54 Å². The molecule has 1 amide bonds. The van der Waals surface area contributed by atoms with Crippen molar-refractivity contribution in [3.63, 3.8) is 0 Å². The van der Waals surface area contributed by atoms with Crippen LogP contribution in [0.2, 0.25) is 5.02 Å². The predicted molar refractivity (Wildman–Crippen MR) is 91.9 cm³/mol. The van der Waals surface area contributed by atoms with Crippen LogP contribution in [0.1, 0.15) is 21.5 Å². The number of nitriles is 1. The molecule has 24 heavy (non-hydrogen) atoms. The van der Waals surface area contributed by atoms with Gasteiger partial charge in [-0.1, -0.05) is 23.7 Å². The van der Waals surface area contributed by atoms with Gasteiger partial charge in [-0.25, -0.2) is 0 Å². The van der Waals surface area contributed by atoms with Gasteiger partial charge >= 0.3 is 0 Å². The largest absolute Gasteiger partial charge is 0.360 e. The summed E-state index contributed by atoms with van der Waals surface area (Å²) in [6.07, 6.45) is 1.38. The third-order valence-corrected chi connectivity index (χ3v) is 3.87. The van der Waals surface area contributed by atoms with E-state index in [0.717, 1.165) is 5.56 Å². The lowest BCUT2D eigenvalue weighted by atomic mass is 10.1. The number of nitrogens with zero attached hydrogens (tertiary/aromatic N) is 1. The average molecular weight is 338 g/mol. The third kappa shape index (κ3) is 3.14. The lowest BCUT2D eigenvalue weighted by Gasteiger charge is -2.06. The Morgan fingerprint density at radius 1 is 1.21 bits per heavy atom. The number of rotatable bonds is 3. The van der Waals surface area contributed by atoms with E-state index in [4.69, 9.17) is 16.9 Å². The van der Waals surface area contributed by atoms with Crippen LogP contribution in [0.3, 0.4) is 0 Å². The first-order valence-corrected chi connectivity index (χ1v) is 7.54. The topological polar surface area (TPSA) is 85.8 Å². The number of hydrogen-bond donors (Lipinski definition) is 2. The number of aromatic amines is 1. The Morgan fingerprint density at radius 3 is 2.67 bits per heavy atom. The molecule has 2 N–H and O–H groups in total. The van der Waals surface area contributed by atoms with Gasteiger partial charge in [0.25, 0.3) is 5.91 Å². The van der Waals surface area contributed by atoms with Crippen LogP contribution in [-0.4, -0.2) is 10.9 Å². The minimum Gasteiger partial charge on any atom is -0.360 e. The zero-order valence-electron chi connectivity index (χ0n) is 12.5. The van der Waals surface area contributed by atoms with Crippen LogP contribution in [0.4, 0.5) is 0 Å². The monoisotopic (exact) mass is 337 g/mol. The Hall–Kier alpha value is -3.10. The molecule has 0 atom stereocenters. The molecular weight excluding hydrogens is 326 g/mol. The number of carbonyl (C=O) groups is 1. The molecule has 0 bridgehead atoms. The Bertz CT molecular complexity index is 1020. The molecule has 1 heterocycles. The molecule has 6 heteroatoms. The van der Waals surface area contributed by atoms with Gasteiger partial charge in [0.1, 0.15) is 5.56 Å². The van der Waals surface area contributed by atoms with Crippen LogP contribution in [0.15, 0.2) is 53.5 Å². The summed E-state index contributed by atoms with van der Waals surface area (Å²) in [5, 5.41) is 12.6. The molecule has 0 radical (unpaired) electrons. The van der Waals surface area contributed by atoms with E-state index in [1.54, 1.807) is 36.4 Å². The van der Waals surface area contributed by atoms with E-state index in [1.807, 2.05) is 6.07 Å². The molecule has 3 rings (SSSR count). The van der Waals surface area contributed by atoms with Crippen molar-refractivity contribution < 1.29 is 4.79 Å². The number of amides is 1. The number of aromatic nitrogens is 1. The van der Waals surface area contributed by atoms with Crippen molar-refractivity contribution >= 4 is 28.4 Å². The average Bonchev–Trinajstić information content (AvgIpc) is 2.61. The van der Waals surface area contributed by atoms with Crippen LogP contribution >= 0.6 is 11.6 Å². The second-order valence-electron chi connectivity index (χ2n) is 5.21. The maximum absolute atomic E-state index is 12.5. The number of fused-ring (bicyclic) bond motifs is 1. The molecule has 3 aromatic rings. The van der Waals surface area contributed by atoms with Crippen molar-refractivity contribution in [2.24, 2.45) is 0 Å². The van der Waals surface area contributed by atoms with Gasteiger partial charge in [0.15, 0.2) is 0 Å². The lowest BCUT2D eigenvalue weighted by Crippen LogP contribution is -2.28. The van der Waals surface area contributed by atoms with E-state index in [2.05, 4.69) is 10.3 Å². The highest BCUT2D eigenvalue weighted by molar-refractivity contribution is 6.30. The summed E-state index contributed by atoms with van der Waals surface area (Å²) < 4.78 is 0. The standard InChI is InChI=1S/C18H12ClN3O2/c19-13-4-1-11(2-5-13)9-22-18(24)15-10-21-16-6-3-12(8-20)7-14(16)17(15)23/h1-7,10H,9H2,(H,21,23)(H,22,24). The zero-order valence-corrected chi connectivity index (χ0v) is 13.2. The van der Waals surface area contributed by atoms with Crippen LogP contribution in [0.5, 0.6) is 0 Å². The smallest absolute Gasteiger partial charge is 0.257 e. The first-order chi connectivity index (χ1) is 11.6. The maximum Gasteiger partial charge on any atom is 0.257 e. The molecule has 2 aromatic carbocycles. The van der Waals surface area contributed by atoms with Gasteiger partial charge in [0, 0.05) is 28.7 Å². The quantitative estimate of drug-likeness (QED) is 0.770. The number of nitrogens with one attached hydrogen (secondary N) is 2. The summed E-state index contributed by atoms with van der Waals surface area (Å²) in [6.45, 7) is 0.283. The number of hydrogen-bond acceptors (Lipinski definition) is 3. The SMILES string of the molecule is N#Cc1ccc2[nH]cc(C(=O)NCc3ccc(Cl)cc3)c(=O)c2c1. The third-order valence-electron chi connectivity index (χ3n) is 3.62. The second kappa shape index (κ2) is 6.57. The number of halogens is 1. The summed E-state index contributed by atoms with van der Waals surface area (Å²) in [7, 11) is 0. The van der Waals surface area contributed by atoms with Gasteiger partial charge < -0.3 is 10.3 Å². The van der Waals surface area contributed by atoms with E-state index in [0.29, 0.717) is 21.5 Å². The molecule has 0 aliphatic carbocycles. The van der Waals surface area contributed by atoms with Crippen LogP contribution < -0.4 is 10.7 Å². The highest BCUT2D eigenvalue weighted by Crippen LogP contribution is 2.11. The molecule has 0 aliphatic heterocycles. The summed E-state index contributed by atoms with van der Waals surface area (Å²) in [5.41, 5.74) is 1.41. The molecule has 1 aromatic heterocycles. The Morgan fingerprint density at radius 2 is 1.96 bits per heavy atom. The van der Waals surface area contributed by atoms with E-state index < -0.39 is 11.3 Å².